The standard InChI is InChI=1S/C19H22N2O/c20-16-12-6-7-13-17(16)21-19(22)18(15-10-4-5-11-15)14-8-2-1-3-9-14/h1-3,6-9,12-13,15,18H,4-5,10-11,20H2,(H,21,22). The third-order valence-electron chi connectivity index (χ3n) is 4.53. The summed E-state index contributed by atoms with van der Waals surface area (Å²) in [5, 5.41) is 3.02. The molecule has 0 saturated heterocycles. The van der Waals surface area contributed by atoms with E-state index in [1.807, 2.05) is 42.5 Å². The Bertz CT molecular complexity index is 633. The van der Waals surface area contributed by atoms with Crippen molar-refractivity contribution in [2.75, 3.05) is 11.1 Å². The first-order valence-electron chi connectivity index (χ1n) is 7.96. The lowest BCUT2D eigenvalue weighted by Gasteiger charge is -2.23. The van der Waals surface area contributed by atoms with Gasteiger partial charge in [-0.1, -0.05) is 55.3 Å². The Morgan fingerprint density at radius 3 is 2.32 bits per heavy atom. The highest BCUT2D eigenvalue weighted by molar-refractivity contribution is 5.98. The van der Waals surface area contributed by atoms with E-state index < -0.39 is 0 Å². The van der Waals surface area contributed by atoms with Gasteiger partial charge in [-0.05, 0) is 36.5 Å². The quantitative estimate of drug-likeness (QED) is 0.831. The smallest absolute Gasteiger partial charge is 0.232 e. The Morgan fingerprint density at radius 1 is 1.00 bits per heavy atom. The largest absolute Gasteiger partial charge is 0.397 e. The molecule has 2 aromatic carbocycles. The molecule has 1 atom stereocenters. The molecule has 1 aliphatic carbocycles. The number of hydrogen-bond donors (Lipinski definition) is 2. The molecule has 1 amide bonds. The number of carbonyl (C=O) groups excluding carboxylic acids is 1. The molecule has 1 fully saturated rings. The van der Waals surface area contributed by atoms with Crippen molar-refractivity contribution < 1.29 is 4.79 Å². The van der Waals surface area contributed by atoms with E-state index in [0.717, 1.165) is 18.4 Å². The molecule has 0 heterocycles. The molecule has 3 nitrogen and oxygen atoms in total. The highest BCUT2D eigenvalue weighted by Gasteiger charge is 2.32. The summed E-state index contributed by atoms with van der Waals surface area (Å²) in [6, 6.07) is 17.5. The molecule has 114 valence electrons. The normalized spacial score (nSPS) is 16.4. The van der Waals surface area contributed by atoms with E-state index in [4.69, 9.17) is 5.73 Å². The minimum absolute atomic E-state index is 0.0519. The minimum atomic E-state index is -0.0942. The van der Waals surface area contributed by atoms with Gasteiger partial charge in [0.05, 0.1) is 17.3 Å². The lowest BCUT2D eigenvalue weighted by molar-refractivity contribution is -0.118. The van der Waals surface area contributed by atoms with Crippen molar-refractivity contribution >= 4 is 17.3 Å². The van der Waals surface area contributed by atoms with Crippen molar-refractivity contribution in [3.63, 3.8) is 0 Å². The number of nitrogens with two attached hydrogens (primary N) is 1. The number of nitrogen functional groups attached to an aromatic ring is 1. The molecular formula is C19H22N2O. The molecule has 2 aromatic rings. The molecule has 1 saturated carbocycles. The zero-order valence-electron chi connectivity index (χ0n) is 12.7. The van der Waals surface area contributed by atoms with Crippen molar-refractivity contribution in [3.8, 4) is 0 Å². The average molecular weight is 294 g/mol. The Balaban J connectivity index is 1.85. The van der Waals surface area contributed by atoms with Gasteiger partial charge in [-0.25, -0.2) is 0 Å². The third kappa shape index (κ3) is 3.14. The van der Waals surface area contributed by atoms with Crippen LogP contribution in [0.15, 0.2) is 54.6 Å². The van der Waals surface area contributed by atoms with Crippen LogP contribution in [-0.2, 0) is 4.79 Å². The van der Waals surface area contributed by atoms with E-state index in [-0.39, 0.29) is 11.8 Å². The molecule has 1 aliphatic rings. The number of nitrogens with one attached hydrogen (secondary N) is 1. The fourth-order valence-corrected chi connectivity index (χ4v) is 3.41. The summed E-state index contributed by atoms with van der Waals surface area (Å²) < 4.78 is 0. The molecule has 3 N–H and O–H groups in total. The van der Waals surface area contributed by atoms with Crippen LogP contribution in [0.5, 0.6) is 0 Å². The SMILES string of the molecule is Nc1ccccc1NC(=O)C(c1ccccc1)C1CCCC1. The Morgan fingerprint density at radius 2 is 1.64 bits per heavy atom. The Kier molecular flexibility index (Phi) is 4.42. The van der Waals surface area contributed by atoms with Gasteiger partial charge in [-0.15, -0.1) is 0 Å². The second-order valence-electron chi connectivity index (χ2n) is 6.01. The van der Waals surface area contributed by atoms with Crippen LogP contribution in [0.25, 0.3) is 0 Å². The molecule has 0 spiro atoms. The van der Waals surface area contributed by atoms with Crippen LogP contribution in [0.1, 0.15) is 37.2 Å². The molecule has 1 unspecified atom stereocenters. The van der Waals surface area contributed by atoms with Crippen LogP contribution in [-0.4, -0.2) is 5.91 Å². The Hall–Kier alpha value is -2.29. The molecule has 0 aliphatic heterocycles. The monoisotopic (exact) mass is 294 g/mol. The second-order valence-corrected chi connectivity index (χ2v) is 6.01. The van der Waals surface area contributed by atoms with E-state index in [9.17, 15) is 4.79 Å². The van der Waals surface area contributed by atoms with E-state index >= 15 is 0 Å². The van der Waals surface area contributed by atoms with Crippen LogP contribution in [0.4, 0.5) is 11.4 Å². The number of amides is 1. The van der Waals surface area contributed by atoms with Crippen molar-refractivity contribution in [2.45, 2.75) is 31.6 Å². The third-order valence-corrected chi connectivity index (χ3v) is 4.53. The molecule has 22 heavy (non-hydrogen) atoms. The predicted octanol–water partition coefficient (Wildman–Crippen LogP) is 4.18. The van der Waals surface area contributed by atoms with E-state index in [2.05, 4.69) is 17.4 Å². The van der Waals surface area contributed by atoms with Gasteiger partial charge >= 0.3 is 0 Å². The van der Waals surface area contributed by atoms with Gasteiger partial charge in [0.25, 0.3) is 0 Å². The maximum absolute atomic E-state index is 12.9. The van der Waals surface area contributed by atoms with Gasteiger partial charge in [0.1, 0.15) is 0 Å². The fraction of sp³-hybridized carbons (Fsp3) is 0.316. The number of benzene rings is 2. The molecule has 3 heteroatoms. The lowest BCUT2D eigenvalue weighted by atomic mass is 9.84. The number of hydrogen-bond acceptors (Lipinski definition) is 2. The number of rotatable bonds is 4. The van der Waals surface area contributed by atoms with Crippen LogP contribution in [0.3, 0.4) is 0 Å². The highest BCUT2D eigenvalue weighted by atomic mass is 16.1. The summed E-state index contributed by atoms with van der Waals surface area (Å²) in [5.74, 6) is 0.381. The maximum atomic E-state index is 12.9. The zero-order chi connectivity index (χ0) is 15.4. The summed E-state index contributed by atoms with van der Waals surface area (Å²) >= 11 is 0. The van der Waals surface area contributed by atoms with E-state index in [0.29, 0.717) is 17.3 Å². The number of anilines is 2. The van der Waals surface area contributed by atoms with Crippen LogP contribution in [0.2, 0.25) is 0 Å². The summed E-state index contributed by atoms with van der Waals surface area (Å²) in [7, 11) is 0. The number of carbonyl (C=O) groups is 1. The Labute approximate surface area is 131 Å². The van der Waals surface area contributed by atoms with Crippen molar-refractivity contribution in [3.05, 3.63) is 60.2 Å². The van der Waals surface area contributed by atoms with Gasteiger partial charge in [0.2, 0.25) is 5.91 Å². The van der Waals surface area contributed by atoms with Crippen LogP contribution >= 0.6 is 0 Å². The van der Waals surface area contributed by atoms with Crippen LogP contribution in [0, 0.1) is 5.92 Å². The van der Waals surface area contributed by atoms with E-state index in [1.165, 1.54) is 12.8 Å². The molecular weight excluding hydrogens is 272 g/mol. The first kappa shape index (κ1) is 14.6. The highest BCUT2D eigenvalue weighted by Crippen LogP contribution is 2.38. The first-order chi connectivity index (χ1) is 10.8. The fourth-order valence-electron chi connectivity index (χ4n) is 3.41. The predicted molar refractivity (Wildman–Crippen MR) is 90.6 cm³/mol. The van der Waals surface area contributed by atoms with Gasteiger partial charge in [0, 0.05) is 0 Å². The first-order valence-corrected chi connectivity index (χ1v) is 7.96. The summed E-state index contributed by atoms with van der Waals surface area (Å²) in [5.41, 5.74) is 8.35. The molecule has 0 bridgehead atoms. The summed E-state index contributed by atoms with van der Waals surface area (Å²) in [6.45, 7) is 0. The van der Waals surface area contributed by atoms with Gasteiger partial charge < -0.3 is 11.1 Å². The molecule has 0 aromatic heterocycles. The topological polar surface area (TPSA) is 55.1 Å². The van der Waals surface area contributed by atoms with Gasteiger partial charge in [-0.3, -0.25) is 4.79 Å². The number of para-hydroxylation sites is 2. The van der Waals surface area contributed by atoms with E-state index in [1.54, 1.807) is 0 Å². The van der Waals surface area contributed by atoms with Crippen LogP contribution < -0.4 is 11.1 Å². The van der Waals surface area contributed by atoms with Gasteiger partial charge in [-0.2, -0.15) is 0 Å². The van der Waals surface area contributed by atoms with Crippen molar-refractivity contribution in [2.24, 2.45) is 5.92 Å². The molecule has 3 rings (SSSR count). The summed E-state index contributed by atoms with van der Waals surface area (Å²) in [6.07, 6.45) is 4.68. The zero-order valence-corrected chi connectivity index (χ0v) is 12.7. The average Bonchev–Trinajstić information content (AvgIpc) is 3.05. The lowest BCUT2D eigenvalue weighted by Crippen LogP contribution is -2.26. The van der Waals surface area contributed by atoms with Crippen molar-refractivity contribution in [1.82, 2.24) is 0 Å². The minimum Gasteiger partial charge on any atom is -0.397 e. The van der Waals surface area contributed by atoms with Crippen molar-refractivity contribution in [1.29, 1.82) is 0 Å². The summed E-state index contributed by atoms with van der Waals surface area (Å²) in [4.78, 5) is 12.9. The second kappa shape index (κ2) is 6.65. The van der Waals surface area contributed by atoms with Gasteiger partial charge in [0.15, 0.2) is 0 Å². The maximum Gasteiger partial charge on any atom is 0.232 e. The molecule has 0 radical (unpaired) electrons.